The first-order chi connectivity index (χ1) is 18.0. The van der Waals surface area contributed by atoms with E-state index in [-0.39, 0.29) is 24.3 Å². The minimum atomic E-state index is -0.593. The lowest BCUT2D eigenvalue weighted by atomic mass is 9.94. The van der Waals surface area contributed by atoms with Crippen LogP contribution in [-0.2, 0) is 29.0 Å². The van der Waals surface area contributed by atoms with Gasteiger partial charge in [-0.2, -0.15) is 0 Å². The third-order valence-corrected chi connectivity index (χ3v) is 7.63. The van der Waals surface area contributed by atoms with Crippen molar-refractivity contribution >= 4 is 23.4 Å². The second-order valence-corrected chi connectivity index (χ2v) is 10.6. The lowest BCUT2D eigenvalue weighted by Gasteiger charge is -2.33. The van der Waals surface area contributed by atoms with Crippen molar-refractivity contribution in [2.24, 2.45) is 0 Å². The zero-order valence-electron chi connectivity index (χ0n) is 21.7. The molecule has 0 saturated heterocycles. The van der Waals surface area contributed by atoms with Crippen molar-refractivity contribution in [3.63, 3.8) is 0 Å². The Morgan fingerprint density at radius 1 is 0.892 bits per heavy atom. The van der Waals surface area contributed by atoms with Gasteiger partial charge in [0.25, 0.3) is 0 Å². The van der Waals surface area contributed by atoms with E-state index >= 15 is 0 Å². The molecule has 37 heavy (non-hydrogen) atoms. The minimum Gasteiger partial charge on any atom is -0.352 e. The summed E-state index contributed by atoms with van der Waals surface area (Å²) in [5.41, 5.74) is 4.16. The van der Waals surface area contributed by atoms with Crippen LogP contribution in [0.4, 0.5) is 0 Å². The number of rotatable bonds is 10. The van der Waals surface area contributed by atoms with E-state index in [1.807, 2.05) is 73.7 Å². The molecule has 1 fully saturated rings. The zero-order chi connectivity index (χ0) is 26.0. The van der Waals surface area contributed by atoms with Crippen molar-refractivity contribution in [3.05, 3.63) is 106 Å². The number of nitrogens with zero attached hydrogens (tertiary/aromatic N) is 1. The molecule has 1 aliphatic rings. The Morgan fingerprint density at radius 2 is 1.57 bits per heavy atom. The van der Waals surface area contributed by atoms with Gasteiger partial charge in [0.15, 0.2) is 0 Å². The molecule has 0 radical (unpaired) electrons. The van der Waals surface area contributed by atoms with Crippen LogP contribution < -0.4 is 5.32 Å². The zero-order valence-corrected chi connectivity index (χ0v) is 22.4. The Kier molecular flexibility index (Phi) is 9.78. The Hall–Kier alpha value is -3.11. The fraction of sp³-hybridized carbons (Fsp3) is 0.375. The number of amides is 2. The molecule has 1 saturated carbocycles. The van der Waals surface area contributed by atoms with Gasteiger partial charge in [-0.25, -0.2) is 0 Å². The Bertz CT molecular complexity index is 1160. The maximum Gasteiger partial charge on any atom is 0.243 e. The van der Waals surface area contributed by atoms with Crippen molar-refractivity contribution < 1.29 is 9.59 Å². The fourth-order valence-electron chi connectivity index (χ4n) is 5.07. The molecule has 1 unspecified atom stereocenters. The molecule has 194 valence electrons. The van der Waals surface area contributed by atoms with Crippen LogP contribution in [0.1, 0.15) is 60.8 Å². The number of halogens is 1. The first-order valence-corrected chi connectivity index (χ1v) is 13.8. The van der Waals surface area contributed by atoms with Crippen LogP contribution in [0.3, 0.4) is 0 Å². The number of aryl methyl sites for hydroxylation is 2. The summed E-state index contributed by atoms with van der Waals surface area (Å²) in [6.45, 7) is 2.43. The SMILES string of the molecule is Cc1ccc(CN(C(=O)CCc2ccccc2Cl)C(Cc2ccccc2)C(=O)NC2CCCCC2)cc1. The highest BCUT2D eigenvalue weighted by molar-refractivity contribution is 6.31. The molecule has 0 aliphatic heterocycles. The molecule has 4 rings (SSSR count). The van der Waals surface area contributed by atoms with Gasteiger partial charge >= 0.3 is 0 Å². The van der Waals surface area contributed by atoms with Crippen LogP contribution in [0, 0.1) is 6.92 Å². The number of nitrogens with one attached hydrogen (secondary N) is 1. The maximum absolute atomic E-state index is 13.8. The summed E-state index contributed by atoms with van der Waals surface area (Å²) in [6, 6.07) is 25.4. The van der Waals surface area contributed by atoms with E-state index in [0.717, 1.165) is 47.9 Å². The smallest absolute Gasteiger partial charge is 0.243 e. The highest BCUT2D eigenvalue weighted by Gasteiger charge is 2.31. The van der Waals surface area contributed by atoms with Gasteiger partial charge in [-0.1, -0.05) is 109 Å². The minimum absolute atomic E-state index is 0.0415. The van der Waals surface area contributed by atoms with Crippen LogP contribution in [0.5, 0.6) is 0 Å². The first kappa shape index (κ1) is 26.9. The third-order valence-electron chi connectivity index (χ3n) is 7.26. The summed E-state index contributed by atoms with van der Waals surface area (Å²) >= 11 is 6.37. The average Bonchev–Trinajstić information content (AvgIpc) is 2.92. The number of hydrogen-bond acceptors (Lipinski definition) is 2. The van der Waals surface area contributed by atoms with E-state index in [1.54, 1.807) is 4.90 Å². The van der Waals surface area contributed by atoms with Gasteiger partial charge in [0, 0.05) is 30.5 Å². The molecule has 3 aromatic rings. The second-order valence-electron chi connectivity index (χ2n) is 10.1. The molecule has 0 spiro atoms. The van der Waals surface area contributed by atoms with Crippen LogP contribution in [-0.4, -0.2) is 28.8 Å². The van der Waals surface area contributed by atoms with Gasteiger partial charge in [-0.05, 0) is 48.9 Å². The predicted molar refractivity (Wildman–Crippen MR) is 150 cm³/mol. The van der Waals surface area contributed by atoms with E-state index in [9.17, 15) is 9.59 Å². The average molecular weight is 517 g/mol. The van der Waals surface area contributed by atoms with Gasteiger partial charge in [-0.3, -0.25) is 9.59 Å². The van der Waals surface area contributed by atoms with Crippen LogP contribution in [0.2, 0.25) is 5.02 Å². The Labute approximate surface area is 226 Å². The van der Waals surface area contributed by atoms with E-state index in [1.165, 1.54) is 6.42 Å². The topological polar surface area (TPSA) is 49.4 Å². The molecule has 0 bridgehead atoms. The fourth-order valence-corrected chi connectivity index (χ4v) is 5.31. The lowest BCUT2D eigenvalue weighted by molar-refractivity contribution is -0.141. The van der Waals surface area contributed by atoms with Gasteiger partial charge < -0.3 is 10.2 Å². The largest absolute Gasteiger partial charge is 0.352 e. The van der Waals surface area contributed by atoms with Gasteiger partial charge in [0.05, 0.1) is 0 Å². The molecular formula is C32H37ClN2O2. The van der Waals surface area contributed by atoms with Crippen LogP contribution in [0.15, 0.2) is 78.9 Å². The van der Waals surface area contributed by atoms with Crippen molar-refractivity contribution in [1.82, 2.24) is 10.2 Å². The molecule has 5 heteroatoms. The van der Waals surface area contributed by atoms with Crippen LogP contribution in [0.25, 0.3) is 0 Å². The quantitative estimate of drug-likeness (QED) is 0.327. The van der Waals surface area contributed by atoms with Gasteiger partial charge in [0.2, 0.25) is 11.8 Å². The molecule has 3 aromatic carbocycles. The normalized spacial score (nSPS) is 14.6. The monoisotopic (exact) mass is 516 g/mol. The molecular weight excluding hydrogens is 480 g/mol. The maximum atomic E-state index is 13.8. The van der Waals surface area contributed by atoms with Crippen molar-refractivity contribution in [1.29, 1.82) is 0 Å². The highest BCUT2D eigenvalue weighted by Crippen LogP contribution is 2.22. The molecule has 0 aromatic heterocycles. The van der Waals surface area contributed by atoms with Gasteiger partial charge in [-0.15, -0.1) is 0 Å². The highest BCUT2D eigenvalue weighted by atomic mass is 35.5. The first-order valence-electron chi connectivity index (χ1n) is 13.4. The van der Waals surface area contributed by atoms with E-state index in [4.69, 9.17) is 11.6 Å². The molecule has 1 atom stereocenters. The summed E-state index contributed by atoms with van der Waals surface area (Å²) in [6.07, 6.45) is 6.80. The number of hydrogen-bond donors (Lipinski definition) is 1. The number of carbonyl (C=O) groups excluding carboxylic acids is 2. The third kappa shape index (κ3) is 7.93. The van der Waals surface area contributed by atoms with E-state index < -0.39 is 6.04 Å². The molecule has 0 heterocycles. The summed E-state index contributed by atoms with van der Waals surface area (Å²) < 4.78 is 0. The Morgan fingerprint density at radius 3 is 2.27 bits per heavy atom. The standard InChI is InChI=1S/C32H37ClN2O2/c1-24-16-18-26(19-17-24)23-35(31(36)21-20-27-12-8-9-15-29(27)33)30(22-25-10-4-2-5-11-25)32(37)34-28-13-6-3-7-14-28/h2,4-5,8-12,15-19,28,30H,3,6-7,13-14,20-23H2,1H3,(H,34,37). The summed E-state index contributed by atoms with van der Waals surface area (Å²) in [5.74, 6) is -0.103. The molecule has 2 amide bonds. The van der Waals surface area contributed by atoms with E-state index in [0.29, 0.717) is 24.4 Å². The number of carbonyl (C=O) groups is 2. The summed E-state index contributed by atoms with van der Waals surface area (Å²) in [7, 11) is 0. The summed E-state index contributed by atoms with van der Waals surface area (Å²) in [5, 5.41) is 3.96. The second kappa shape index (κ2) is 13.4. The van der Waals surface area contributed by atoms with E-state index in [2.05, 4.69) is 17.4 Å². The Balaban J connectivity index is 1.61. The van der Waals surface area contributed by atoms with Crippen LogP contribution >= 0.6 is 11.6 Å². The molecule has 4 nitrogen and oxygen atoms in total. The number of benzene rings is 3. The molecule has 1 aliphatic carbocycles. The van der Waals surface area contributed by atoms with Crippen molar-refractivity contribution in [2.75, 3.05) is 0 Å². The summed E-state index contributed by atoms with van der Waals surface area (Å²) in [4.78, 5) is 29.4. The predicted octanol–water partition coefficient (Wildman–Crippen LogP) is 6.67. The van der Waals surface area contributed by atoms with Crippen molar-refractivity contribution in [3.8, 4) is 0 Å². The molecule has 1 N–H and O–H groups in total. The van der Waals surface area contributed by atoms with Gasteiger partial charge in [0.1, 0.15) is 6.04 Å². The van der Waals surface area contributed by atoms with Crippen molar-refractivity contribution in [2.45, 2.75) is 76.9 Å². The lowest BCUT2D eigenvalue weighted by Crippen LogP contribution is -2.52.